The van der Waals surface area contributed by atoms with Gasteiger partial charge in [-0.05, 0) is 24.6 Å². The number of rotatable bonds is 1. The van der Waals surface area contributed by atoms with Gasteiger partial charge < -0.3 is 15.3 Å². The Morgan fingerprint density at radius 2 is 1.74 bits per heavy atom. The van der Waals surface area contributed by atoms with E-state index in [9.17, 15) is 15.0 Å². The van der Waals surface area contributed by atoms with Gasteiger partial charge in [0.1, 0.15) is 0 Å². The number of nitrogens with one attached hydrogen (secondary N) is 2. The van der Waals surface area contributed by atoms with Crippen LogP contribution in [0.2, 0.25) is 0 Å². The third-order valence-corrected chi connectivity index (χ3v) is 3.21. The first-order chi connectivity index (χ1) is 8.73. The zero-order chi connectivity index (χ0) is 14.4. The van der Waals surface area contributed by atoms with Crippen molar-refractivity contribution in [3.8, 4) is 22.6 Å². The average molecular weight is 262 g/mol. The Balaban J connectivity index is 2.77. The topological polar surface area (TPSA) is 89.1 Å². The van der Waals surface area contributed by atoms with Gasteiger partial charge in [0.05, 0.1) is 11.3 Å². The van der Waals surface area contributed by atoms with Gasteiger partial charge in [0.25, 0.3) is 5.56 Å². The standard InChI is InChI=1S/C14H18N2O3/c1-7-8(5-6-9(17)11(7)18)10-12(14(2,3)4)15-16-13(10)19/h5-6,17-18H,1-4H3,(H2,15,16,19). The van der Waals surface area contributed by atoms with Crippen molar-refractivity contribution >= 4 is 0 Å². The molecular formula is C14H18N2O3. The molecule has 0 saturated heterocycles. The van der Waals surface area contributed by atoms with E-state index in [0.29, 0.717) is 16.7 Å². The molecule has 0 amide bonds. The van der Waals surface area contributed by atoms with E-state index in [1.807, 2.05) is 20.8 Å². The quantitative estimate of drug-likeness (QED) is 0.595. The summed E-state index contributed by atoms with van der Waals surface area (Å²) in [6, 6.07) is 3.02. The van der Waals surface area contributed by atoms with Crippen LogP contribution in [0.25, 0.3) is 11.1 Å². The van der Waals surface area contributed by atoms with E-state index in [1.165, 1.54) is 6.07 Å². The second-order valence-electron chi connectivity index (χ2n) is 5.68. The smallest absolute Gasteiger partial charge is 0.272 e. The van der Waals surface area contributed by atoms with E-state index in [1.54, 1.807) is 13.0 Å². The number of phenols is 2. The van der Waals surface area contributed by atoms with E-state index in [4.69, 9.17) is 0 Å². The fourth-order valence-corrected chi connectivity index (χ4v) is 2.13. The molecule has 1 aromatic carbocycles. The normalized spacial score (nSPS) is 11.8. The van der Waals surface area contributed by atoms with Crippen LogP contribution in [0.3, 0.4) is 0 Å². The highest BCUT2D eigenvalue weighted by atomic mass is 16.3. The maximum atomic E-state index is 12.0. The van der Waals surface area contributed by atoms with Crippen molar-refractivity contribution in [2.75, 3.05) is 0 Å². The SMILES string of the molecule is Cc1c(-c2c(C(C)(C)C)[nH][nH]c2=O)ccc(O)c1O. The van der Waals surface area contributed by atoms with E-state index >= 15 is 0 Å². The minimum Gasteiger partial charge on any atom is -0.504 e. The predicted octanol–water partition coefficient (Wildman–Crippen LogP) is 2.39. The Kier molecular flexibility index (Phi) is 2.92. The lowest BCUT2D eigenvalue weighted by Gasteiger charge is -2.19. The summed E-state index contributed by atoms with van der Waals surface area (Å²) >= 11 is 0. The van der Waals surface area contributed by atoms with Crippen LogP contribution in [0.5, 0.6) is 11.5 Å². The van der Waals surface area contributed by atoms with Gasteiger partial charge in [-0.15, -0.1) is 0 Å². The van der Waals surface area contributed by atoms with Crippen LogP contribution in [0.1, 0.15) is 32.0 Å². The van der Waals surface area contributed by atoms with E-state index in [0.717, 1.165) is 5.69 Å². The van der Waals surface area contributed by atoms with Gasteiger partial charge in [-0.2, -0.15) is 0 Å². The molecule has 0 radical (unpaired) electrons. The van der Waals surface area contributed by atoms with Gasteiger partial charge in [0.2, 0.25) is 0 Å². The number of hydrogen-bond acceptors (Lipinski definition) is 3. The molecule has 1 aromatic heterocycles. The summed E-state index contributed by atoms with van der Waals surface area (Å²) in [6.45, 7) is 7.64. The molecule has 4 N–H and O–H groups in total. The van der Waals surface area contributed by atoms with Gasteiger partial charge in [-0.3, -0.25) is 9.89 Å². The minimum atomic E-state index is -0.242. The number of aromatic amines is 2. The van der Waals surface area contributed by atoms with Crippen molar-refractivity contribution in [1.29, 1.82) is 0 Å². The molecular weight excluding hydrogens is 244 g/mol. The molecule has 0 fully saturated rings. The fourth-order valence-electron chi connectivity index (χ4n) is 2.13. The van der Waals surface area contributed by atoms with Gasteiger partial charge in [0.15, 0.2) is 11.5 Å². The highest BCUT2D eigenvalue weighted by Crippen LogP contribution is 2.37. The molecule has 1 heterocycles. The lowest BCUT2D eigenvalue weighted by Crippen LogP contribution is -2.14. The third-order valence-electron chi connectivity index (χ3n) is 3.21. The lowest BCUT2D eigenvalue weighted by molar-refractivity contribution is 0.401. The van der Waals surface area contributed by atoms with Crippen molar-refractivity contribution in [3.05, 3.63) is 33.7 Å². The van der Waals surface area contributed by atoms with Gasteiger partial charge in [0, 0.05) is 11.0 Å². The van der Waals surface area contributed by atoms with Crippen molar-refractivity contribution in [2.24, 2.45) is 0 Å². The third kappa shape index (κ3) is 2.12. The Labute approximate surface area is 110 Å². The molecule has 0 bridgehead atoms. The van der Waals surface area contributed by atoms with Crippen LogP contribution in [0.15, 0.2) is 16.9 Å². The first-order valence-electron chi connectivity index (χ1n) is 6.06. The summed E-state index contributed by atoms with van der Waals surface area (Å²) in [5, 5.41) is 24.7. The second kappa shape index (κ2) is 4.19. The maximum absolute atomic E-state index is 12.0. The van der Waals surface area contributed by atoms with Crippen LogP contribution in [-0.4, -0.2) is 20.4 Å². The molecule has 0 aliphatic carbocycles. The first kappa shape index (κ1) is 13.3. The zero-order valence-electron chi connectivity index (χ0n) is 11.5. The molecule has 0 aliphatic rings. The van der Waals surface area contributed by atoms with Crippen molar-refractivity contribution < 1.29 is 10.2 Å². The van der Waals surface area contributed by atoms with Crippen molar-refractivity contribution in [1.82, 2.24) is 10.2 Å². The van der Waals surface area contributed by atoms with Crippen LogP contribution < -0.4 is 5.56 Å². The Morgan fingerprint density at radius 1 is 1.11 bits per heavy atom. The molecule has 0 saturated carbocycles. The Bertz CT molecular complexity index is 675. The molecule has 19 heavy (non-hydrogen) atoms. The summed E-state index contributed by atoms with van der Waals surface area (Å²) in [4.78, 5) is 12.0. The first-order valence-corrected chi connectivity index (χ1v) is 6.06. The van der Waals surface area contributed by atoms with E-state index in [2.05, 4.69) is 10.2 Å². The number of H-pyrrole nitrogens is 2. The summed E-state index contributed by atoms with van der Waals surface area (Å²) < 4.78 is 0. The number of aromatic nitrogens is 2. The zero-order valence-corrected chi connectivity index (χ0v) is 11.5. The molecule has 0 spiro atoms. The Morgan fingerprint density at radius 3 is 2.32 bits per heavy atom. The van der Waals surface area contributed by atoms with Gasteiger partial charge in [-0.25, -0.2) is 0 Å². The van der Waals surface area contributed by atoms with Gasteiger partial charge >= 0.3 is 0 Å². The highest BCUT2D eigenvalue weighted by molar-refractivity contribution is 5.73. The maximum Gasteiger partial charge on any atom is 0.272 e. The second-order valence-corrected chi connectivity index (χ2v) is 5.68. The predicted molar refractivity (Wildman–Crippen MR) is 73.6 cm³/mol. The summed E-state index contributed by atoms with van der Waals surface area (Å²) in [5.74, 6) is -0.386. The largest absolute Gasteiger partial charge is 0.504 e. The van der Waals surface area contributed by atoms with Gasteiger partial charge in [-0.1, -0.05) is 20.8 Å². The number of aromatic hydroxyl groups is 2. The molecule has 5 nitrogen and oxygen atoms in total. The number of benzene rings is 1. The molecule has 5 heteroatoms. The van der Waals surface area contributed by atoms with E-state index < -0.39 is 0 Å². The molecule has 102 valence electrons. The highest BCUT2D eigenvalue weighted by Gasteiger charge is 2.25. The minimum absolute atomic E-state index is 0.189. The summed E-state index contributed by atoms with van der Waals surface area (Å²) in [6.07, 6.45) is 0. The molecule has 2 aromatic rings. The van der Waals surface area contributed by atoms with Crippen molar-refractivity contribution in [3.63, 3.8) is 0 Å². The molecule has 0 atom stereocenters. The molecule has 2 rings (SSSR count). The van der Waals surface area contributed by atoms with Crippen LogP contribution in [0, 0.1) is 6.92 Å². The molecule has 0 aliphatic heterocycles. The molecule has 0 unspecified atom stereocenters. The van der Waals surface area contributed by atoms with Crippen molar-refractivity contribution in [2.45, 2.75) is 33.1 Å². The van der Waals surface area contributed by atoms with Crippen LogP contribution in [0.4, 0.5) is 0 Å². The van der Waals surface area contributed by atoms with Crippen LogP contribution in [-0.2, 0) is 5.41 Å². The fraction of sp³-hybridized carbons (Fsp3) is 0.357. The summed E-state index contributed by atoms with van der Waals surface area (Å²) in [5.41, 5.74) is 1.89. The number of phenolic OH excluding ortho intramolecular Hbond substituents is 2. The lowest BCUT2D eigenvalue weighted by atomic mass is 9.86. The van der Waals surface area contributed by atoms with Crippen LogP contribution >= 0.6 is 0 Å². The Hall–Kier alpha value is -2.17. The monoisotopic (exact) mass is 262 g/mol. The summed E-state index contributed by atoms with van der Waals surface area (Å²) in [7, 11) is 0. The van der Waals surface area contributed by atoms with E-state index in [-0.39, 0.29) is 22.5 Å². The average Bonchev–Trinajstić information content (AvgIpc) is 2.68. The number of hydrogen-bond donors (Lipinski definition) is 4.